The summed E-state index contributed by atoms with van der Waals surface area (Å²) in [5.74, 6) is 0.776. The molecule has 3 aromatic rings. The lowest BCUT2D eigenvalue weighted by Crippen LogP contribution is -1.91. The molecule has 0 N–H and O–H groups in total. The Morgan fingerprint density at radius 1 is 1.27 bits per heavy atom. The van der Waals surface area contributed by atoms with Crippen LogP contribution >= 0.6 is 23.2 Å². The van der Waals surface area contributed by atoms with Gasteiger partial charge in [-0.05, 0) is 38.5 Å². The number of hydrogen-bond acceptors (Lipinski definition) is 2. The van der Waals surface area contributed by atoms with Gasteiger partial charge >= 0.3 is 0 Å². The van der Waals surface area contributed by atoms with Crippen molar-refractivity contribution in [2.24, 2.45) is 0 Å². The van der Waals surface area contributed by atoms with Crippen LogP contribution in [0.15, 0.2) is 28.7 Å². The van der Waals surface area contributed by atoms with Crippen LogP contribution in [0, 0.1) is 13.8 Å². The zero-order valence-electron chi connectivity index (χ0n) is 12.7. The predicted molar refractivity (Wildman–Crippen MR) is 91.7 cm³/mol. The minimum Gasteiger partial charge on any atom is -0.441 e. The van der Waals surface area contributed by atoms with Crippen molar-refractivity contribution in [1.82, 2.24) is 9.61 Å². The average molecular weight is 335 g/mol. The summed E-state index contributed by atoms with van der Waals surface area (Å²) < 4.78 is 7.76. The number of benzene rings is 1. The van der Waals surface area contributed by atoms with Crippen molar-refractivity contribution >= 4 is 35.0 Å². The highest BCUT2D eigenvalue weighted by Crippen LogP contribution is 2.35. The normalized spacial score (nSPS) is 11.9. The zero-order chi connectivity index (χ0) is 15.9. The van der Waals surface area contributed by atoms with Gasteiger partial charge in [-0.3, -0.25) is 0 Å². The highest BCUT2D eigenvalue weighted by atomic mass is 35.5. The van der Waals surface area contributed by atoms with E-state index in [9.17, 15) is 0 Å². The predicted octanol–water partition coefficient (Wildman–Crippen LogP) is 5.94. The van der Waals surface area contributed by atoms with Crippen LogP contribution in [0.1, 0.15) is 30.4 Å². The molecule has 0 atom stereocenters. The number of halogens is 2. The zero-order valence-corrected chi connectivity index (χ0v) is 14.2. The molecular weight excluding hydrogens is 319 g/mol. The molecule has 0 spiro atoms. The molecule has 0 amide bonds. The van der Waals surface area contributed by atoms with Gasteiger partial charge < -0.3 is 4.42 Å². The van der Waals surface area contributed by atoms with E-state index in [4.69, 9.17) is 27.6 Å². The molecular formula is C17H16Cl2N2O. The van der Waals surface area contributed by atoms with E-state index in [1.807, 2.05) is 36.6 Å². The maximum Gasteiger partial charge on any atom is 0.229 e. The van der Waals surface area contributed by atoms with Gasteiger partial charge in [-0.25, -0.2) is 0 Å². The third kappa shape index (κ3) is 2.44. The molecule has 2 aromatic heterocycles. The number of nitrogens with zero attached hydrogens (tertiary/aromatic N) is 2. The lowest BCUT2D eigenvalue weighted by atomic mass is 10.1. The Morgan fingerprint density at radius 2 is 2.05 bits per heavy atom. The van der Waals surface area contributed by atoms with Crippen molar-refractivity contribution in [2.75, 3.05) is 0 Å². The monoisotopic (exact) mass is 334 g/mol. The molecule has 0 unspecified atom stereocenters. The van der Waals surface area contributed by atoms with E-state index < -0.39 is 0 Å². The van der Waals surface area contributed by atoms with Crippen molar-refractivity contribution in [3.63, 3.8) is 0 Å². The molecule has 0 bridgehead atoms. The van der Waals surface area contributed by atoms with Crippen molar-refractivity contribution in [2.45, 2.75) is 27.2 Å². The molecule has 0 fully saturated rings. The van der Waals surface area contributed by atoms with Gasteiger partial charge in [0.1, 0.15) is 11.5 Å². The molecule has 0 saturated heterocycles. The highest BCUT2D eigenvalue weighted by Gasteiger charge is 2.20. The number of aromatic nitrogens is 2. The second-order valence-electron chi connectivity index (χ2n) is 5.16. The Morgan fingerprint density at radius 3 is 2.73 bits per heavy atom. The van der Waals surface area contributed by atoms with E-state index >= 15 is 0 Å². The molecule has 0 aliphatic rings. The number of rotatable bonds is 3. The highest BCUT2D eigenvalue weighted by molar-refractivity contribution is 6.36. The molecule has 0 aliphatic carbocycles. The first kappa shape index (κ1) is 15.2. The third-order valence-corrected chi connectivity index (χ3v) is 4.11. The Bertz CT molecular complexity index is 875. The standard InChI is InChI=1S/C17H16Cl2N2O/c1-4-5-6-13-10(2)20-21-16(11(3)22-17(13)21)14-8-7-12(18)9-15(14)19/h5-9H,4H2,1-3H3/b6-5+. The minimum atomic E-state index is 0.581. The molecule has 0 aliphatic heterocycles. The van der Waals surface area contributed by atoms with E-state index in [2.05, 4.69) is 18.1 Å². The van der Waals surface area contributed by atoms with Crippen LogP contribution < -0.4 is 0 Å². The minimum absolute atomic E-state index is 0.581. The molecule has 5 heteroatoms. The number of aryl methyl sites for hydroxylation is 2. The molecule has 0 radical (unpaired) electrons. The molecule has 2 heterocycles. The molecule has 3 rings (SSSR count). The first-order valence-electron chi connectivity index (χ1n) is 7.13. The fraction of sp³-hybridized carbons (Fsp3) is 0.235. The van der Waals surface area contributed by atoms with Gasteiger partial charge in [0.2, 0.25) is 5.71 Å². The maximum atomic E-state index is 6.34. The Kier molecular flexibility index (Phi) is 4.02. The Balaban J connectivity index is 2.27. The Hall–Kier alpha value is -1.71. The third-order valence-electron chi connectivity index (χ3n) is 3.56. The van der Waals surface area contributed by atoms with Crippen LogP contribution in [0.25, 0.3) is 23.0 Å². The van der Waals surface area contributed by atoms with E-state index in [0.29, 0.717) is 10.0 Å². The first-order chi connectivity index (χ1) is 10.5. The molecule has 0 saturated carbocycles. The quantitative estimate of drug-likeness (QED) is 0.593. The van der Waals surface area contributed by atoms with Crippen LogP contribution in [-0.4, -0.2) is 9.61 Å². The summed E-state index contributed by atoms with van der Waals surface area (Å²) in [4.78, 5) is 0. The summed E-state index contributed by atoms with van der Waals surface area (Å²) in [6, 6.07) is 5.43. The molecule has 3 nitrogen and oxygen atoms in total. The SMILES string of the molecule is CC/C=C/c1c(C)nn2c(-c3ccc(Cl)cc3Cl)c(C)oc12. The van der Waals surface area contributed by atoms with Gasteiger partial charge in [0.15, 0.2) is 0 Å². The van der Waals surface area contributed by atoms with Crippen molar-refractivity contribution in [3.8, 4) is 11.3 Å². The van der Waals surface area contributed by atoms with Crippen LogP contribution in [0.2, 0.25) is 10.0 Å². The first-order valence-corrected chi connectivity index (χ1v) is 7.89. The van der Waals surface area contributed by atoms with Crippen molar-refractivity contribution in [3.05, 3.63) is 51.3 Å². The smallest absolute Gasteiger partial charge is 0.229 e. The molecule has 114 valence electrons. The number of fused-ring (bicyclic) bond motifs is 1. The topological polar surface area (TPSA) is 30.4 Å². The van der Waals surface area contributed by atoms with Gasteiger partial charge in [-0.15, -0.1) is 0 Å². The summed E-state index contributed by atoms with van der Waals surface area (Å²) in [7, 11) is 0. The summed E-state index contributed by atoms with van der Waals surface area (Å²) in [5, 5.41) is 5.79. The van der Waals surface area contributed by atoms with Crippen molar-refractivity contribution < 1.29 is 4.42 Å². The van der Waals surface area contributed by atoms with Gasteiger partial charge in [-0.1, -0.05) is 42.3 Å². The molecule has 22 heavy (non-hydrogen) atoms. The number of hydrogen-bond donors (Lipinski definition) is 0. The fourth-order valence-electron chi connectivity index (χ4n) is 2.52. The largest absolute Gasteiger partial charge is 0.441 e. The second-order valence-corrected chi connectivity index (χ2v) is 6.00. The van der Waals surface area contributed by atoms with Crippen LogP contribution in [0.4, 0.5) is 0 Å². The lowest BCUT2D eigenvalue weighted by molar-refractivity contribution is 0.572. The van der Waals surface area contributed by atoms with Gasteiger partial charge in [0.05, 0.1) is 16.3 Å². The van der Waals surface area contributed by atoms with Crippen LogP contribution in [0.5, 0.6) is 0 Å². The van der Waals surface area contributed by atoms with Crippen LogP contribution in [-0.2, 0) is 0 Å². The lowest BCUT2D eigenvalue weighted by Gasteiger charge is -2.03. The van der Waals surface area contributed by atoms with Gasteiger partial charge in [-0.2, -0.15) is 9.61 Å². The van der Waals surface area contributed by atoms with Gasteiger partial charge in [0, 0.05) is 10.6 Å². The van der Waals surface area contributed by atoms with E-state index in [0.717, 1.165) is 40.4 Å². The summed E-state index contributed by atoms with van der Waals surface area (Å²) in [6.45, 7) is 5.98. The summed E-state index contributed by atoms with van der Waals surface area (Å²) in [6.07, 6.45) is 5.11. The average Bonchev–Trinajstić information content (AvgIpc) is 2.91. The van der Waals surface area contributed by atoms with Crippen molar-refractivity contribution in [1.29, 1.82) is 0 Å². The van der Waals surface area contributed by atoms with Gasteiger partial charge in [0.25, 0.3) is 0 Å². The maximum absolute atomic E-state index is 6.34. The summed E-state index contributed by atoms with van der Waals surface area (Å²) >= 11 is 12.3. The second kappa shape index (κ2) is 5.82. The van der Waals surface area contributed by atoms with Crippen LogP contribution in [0.3, 0.4) is 0 Å². The molecule has 1 aromatic carbocycles. The van der Waals surface area contributed by atoms with E-state index in [1.54, 1.807) is 6.07 Å². The van der Waals surface area contributed by atoms with E-state index in [1.165, 1.54) is 0 Å². The van der Waals surface area contributed by atoms with E-state index in [-0.39, 0.29) is 0 Å². The fourth-order valence-corrected chi connectivity index (χ4v) is 3.02. The Labute approximate surface area is 139 Å². The number of oxazole rings is 1. The summed E-state index contributed by atoms with van der Waals surface area (Å²) in [5.41, 5.74) is 4.38. The number of allylic oxidation sites excluding steroid dienone is 1.